The highest BCUT2D eigenvalue weighted by molar-refractivity contribution is 7.93. The quantitative estimate of drug-likeness (QED) is 0.661. The maximum Gasteiger partial charge on any atom is 0.337 e. The number of benzene rings is 2. The predicted octanol–water partition coefficient (Wildman–Crippen LogP) is 4.03. The normalized spacial score (nSPS) is 11.2. The Labute approximate surface area is 144 Å². The zero-order valence-electron chi connectivity index (χ0n) is 12.8. The Morgan fingerprint density at radius 2 is 1.58 bits per heavy atom. The van der Waals surface area contributed by atoms with E-state index in [9.17, 15) is 13.2 Å². The van der Waals surface area contributed by atoms with Crippen LogP contribution in [0, 0.1) is 0 Å². The van der Waals surface area contributed by atoms with Crippen molar-refractivity contribution in [3.63, 3.8) is 0 Å². The lowest BCUT2D eigenvalue weighted by Gasteiger charge is -2.02. The van der Waals surface area contributed by atoms with E-state index in [2.05, 4.69) is 4.74 Å². The summed E-state index contributed by atoms with van der Waals surface area (Å²) in [6, 6.07) is 18.6. The Bertz CT molecular complexity index is 956. The van der Waals surface area contributed by atoms with Gasteiger partial charge in [-0.2, -0.15) is 0 Å². The molecule has 1 heterocycles. The van der Waals surface area contributed by atoms with E-state index in [0.717, 1.165) is 10.4 Å². The third kappa shape index (κ3) is 3.11. The fraction of sp³-hybridized carbons (Fsp3) is 0.0556. The minimum absolute atomic E-state index is 0.277. The number of sulfone groups is 1. The van der Waals surface area contributed by atoms with Gasteiger partial charge in [-0.25, -0.2) is 13.2 Å². The molecule has 0 aliphatic heterocycles. The van der Waals surface area contributed by atoms with E-state index in [1.165, 1.54) is 18.4 Å². The number of carbonyl (C=O) groups excluding carboxylic acids is 1. The van der Waals surface area contributed by atoms with Crippen LogP contribution < -0.4 is 0 Å². The van der Waals surface area contributed by atoms with Crippen molar-refractivity contribution in [3.8, 4) is 10.4 Å². The second-order valence-corrected chi connectivity index (χ2v) is 8.26. The van der Waals surface area contributed by atoms with Crippen LogP contribution in [0.5, 0.6) is 0 Å². The molecule has 3 rings (SSSR count). The van der Waals surface area contributed by atoms with Crippen LogP contribution in [0.4, 0.5) is 0 Å². The summed E-state index contributed by atoms with van der Waals surface area (Å²) in [5.74, 6) is -0.403. The Balaban J connectivity index is 1.92. The highest BCUT2D eigenvalue weighted by Crippen LogP contribution is 2.33. The Morgan fingerprint density at radius 1 is 0.917 bits per heavy atom. The molecule has 4 nitrogen and oxygen atoms in total. The average Bonchev–Trinajstić information content (AvgIpc) is 3.13. The van der Waals surface area contributed by atoms with Gasteiger partial charge < -0.3 is 4.74 Å². The second kappa shape index (κ2) is 6.59. The molecule has 0 amide bonds. The highest BCUT2D eigenvalue weighted by atomic mass is 32.2. The second-order valence-electron chi connectivity index (χ2n) is 5.00. The number of thiophene rings is 1. The van der Waals surface area contributed by atoms with Crippen LogP contribution in [0.1, 0.15) is 10.4 Å². The molecule has 0 bridgehead atoms. The first-order valence-electron chi connectivity index (χ1n) is 7.11. The number of ether oxygens (including phenoxy) is 1. The SMILES string of the molecule is COC(=O)c1ccc(-c2ccc(S(=O)(=O)c3ccccc3)s2)cc1. The molecule has 2 aromatic carbocycles. The number of carbonyl (C=O) groups is 1. The Hall–Kier alpha value is -2.44. The molecule has 6 heteroatoms. The molecule has 1 aromatic heterocycles. The van der Waals surface area contributed by atoms with Gasteiger partial charge in [0.05, 0.1) is 17.6 Å². The first-order valence-corrected chi connectivity index (χ1v) is 9.41. The van der Waals surface area contributed by atoms with Crippen molar-refractivity contribution >= 4 is 27.1 Å². The summed E-state index contributed by atoms with van der Waals surface area (Å²) < 4.78 is 30.2. The van der Waals surface area contributed by atoms with Gasteiger partial charge in [-0.1, -0.05) is 30.3 Å². The van der Waals surface area contributed by atoms with Crippen LogP contribution >= 0.6 is 11.3 Å². The largest absolute Gasteiger partial charge is 0.465 e. The summed E-state index contributed by atoms with van der Waals surface area (Å²) in [6.07, 6.45) is 0. The molecule has 0 spiro atoms. The van der Waals surface area contributed by atoms with E-state index in [-0.39, 0.29) is 4.90 Å². The van der Waals surface area contributed by atoms with Gasteiger partial charge in [-0.3, -0.25) is 0 Å². The third-order valence-corrected chi connectivity index (χ3v) is 6.89. The van der Waals surface area contributed by atoms with E-state index in [1.807, 2.05) is 0 Å². The van der Waals surface area contributed by atoms with Crippen molar-refractivity contribution < 1.29 is 17.9 Å². The zero-order chi connectivity index (χ0) is 17.2. The number of hydrogen-bond donors (Lipinski definition) is 0. The van der Waals surface area contributed by atoms with Crippen molar-refractivity contribution in [1.29, 1.82) is 0 Å². The van der Waals surface area contributed by atoms with E-state index in [1.54, 1.807) is 66.7 Å². The van der Waals surface area contributed by atoms with Crippen molar-refractivity contribution in [1.82, 2.24) is 0 Å². The lowest BCUT2D eigenvalue weighted by Crippen LogP contribution is -2.00. The zero-order valence-corrected chi connectivity index (χ0v) is 14.4. The van der Waals surface area contributed by atoms with Crippen LogP contribution in [-0.2, 0) is 14.6 Å². The molecule has 0 unspecified atom stereocenters. The van der Waals surface area contributed by atoms with Gasteiger partial charge in [0, 0.05) is 4.88 Å². The molecule has 122 valence electrons. The summed E-state index contributed by atoms with van der Waals surface area (Å²) in [5, 5.41) is 0. The molecule has 0 radical (unpaired) electrons. The topological polar surface area (TPSA) is 60.4 Å². The van der Waals surface area contributed by atoms with Gasteiger partial charge >= 0.3 is 5.97 Å². The monoisotopic (exact) mass is 358 g/mol. The minimum Gasteiger partial charge on any atom is -0.465 e. The molecule has 0 atom stereocenters. The van der Waals surface area contributed by atoms with Crippen LogP contribution in [0.25, 0.3) is 10.4 Å². The van der Waals surface area contributed by atoms with Gasteiger partial charge in [-0.05, 0) is 42.0 Å². The van der Waals surface area contributed by atoms with E-state index in [4.69, 9.17) is 0 Å². The maximum absolute atomic E-state index is 12.6. The molecule has 0 saturated heterocycles. The average molecular weight is 358 g/mol. The predicted molar refractivity (Wildman–Crippen MR) is 93.0 cm³/mol. The van der Waals surface area contributed by atoms with Crippen molar-refractivity contribution in [2.45, 2.75) is 9.10 Å². The van der Waals surface area contributed by atoms with Gasteiger partial charge in [0.25, 0.3) is 0 Å². The lowest BCUT2D eigenvalue weighted by molar-refractivity contribution is 0.0600. The molecule has 24 heavy (non-hydrogen) atoms. The summed E-state index contributed by atoms with van der Waals surface area (Å²) in [4.78, 5) is 12.6. The van der Waals surface area contributed by atoms with Crippen molar-refractivity contribution in [3.05, 3.63) is 72.3 Å². The van der Waals surface area contributed by atoms with Gasteiger partial charge in [0.1, 0.15) is 4.21 Å². The number of hydrogen-bond acceptors (Lipinski definition) is 5. The maximum atomic E-state index is 12.6. The van der Waals surface area contributed by atoms with Gasteiger partial charge in [0.2, 0.25) is 9.84 Å². The Kier molecular flexibility index (Phi) is 4.51. The number of methoxy groups -OCH3 is 1. The highest BCUT2D eigenvalue weighted by Gasteiger charge is 2.20. The molecular formula is C18H14O4S2. The first kappa shape index (κ1) is 16.4. The number of rotatable bonds is 4. The van der Waals surface area contributed by atoms with Crippen LogP contribution in [0.3, 0.4) is 0 Å². The van der Waals surface area contributed by atoms with E-state index < -0.39 is 15.8 Å². The van der Waals surface area contributed by atoms with Gasteiger partial charge in [-0.15, -0.1) is 11.3 Å². The molecule has 0 N–H and O–H groups in total. The Morgan fingerprint density at radius 3 is 2.21 bits per heavy atom. The van der Waals surface area contributed by atoms with Crippen molar-refractivity contribution in [2.24, 2.45) is 0 Å². The van der Waals surface area contributed by atoms with Crippen LogP contribution in [-0.4, -0.2) is 21.5 Å². The molecule has 3 aromatic rings. The lowest BCUT2D eigenvalue weighted by atomic mass is 10.1. The smallest absolute Gasteiger partial charge is 0.337 e. The third-order valence-electron chi connectivity index (χ3n) is 3.49. The number of esters is 1. The molecule has 0 saturated carbocycles. The molecule has 0 aliphatic rings. The molecular weight excluding hydrogens is 344 g/mol. The van der Waals surface area contributed by atoms with Gasteiger partial charge in [0.15, 0.2) is 0 Å². The standard InChI is InChI=1S/C18H14O4S2/c1-22-18(19)14-9-7-13(8-10-14)16-11-12-17(23-16)24(20,21)15-5-3-2-4-6-15/h2-12H,1H3. The fourth-order valence-corrected chi connectivity index (χ4v) is 4.96. The van der Waals surface area contributed by atoms with E-state index in [0.29, 0.717) is 9.77 Å². The summed E-state index contributed by atoms with van der Waals surface area (Å²) >= 11 is 1.20. The van der Waals surface area contributed by atoms with Crippen molar-refractivity contribution in [2.75, 3.05) is 7.11 Å². The van der Waals surface area contributed by atoms with Crippen LogP contribution in [0.2, 0.25) is 0 Å². The minimum atomic E-state index is -3.51. The summed E-state index contributed by atoms with van der Waals surface area (Å²) in [7, 11) is -2.18. The first-order chi connectivity index (χ1) is 11.5. The molecule has 0 fully saturated rings. The van der Waals surface area contributed by atoms with E-state index >= 15 is 0 Å². The fourth-order valence-electron chi connectivity index (χ4n) is 2.22. The van der Waals surface area contributed by atoms with Crippen LogP contribution in [0.15, 0.2) is 75.8 Å². The summed E-state index contributed by atoms with van der Waals surface area (Å²) in [5.41, 5.74) is 1.30. The molecule has 0 aliphatic carbocycles. The summed E-state index contributed by atoms with van der Waals surface area (Å²) in [6.45, 7) is 0.